The van der Waals surface area contributed by atoms with Gasteiger partial charge in [-0.2, -0.15) is 18.3 Å². The van der Waals surface area contributed by atoms with E-state index in [4.69, 9.17) is 11.6 Å². The Balaban J connectivity index is 1.12. The van der Waals surface area contributed by atoms with Crippen molar-refractivity contribution in [1.82, 2.24) is 25.1 Å². The lowest BCUT2D eigenvalue weighted by molar-refractivity contribution is -0.164. The van der Waals surface area contributed by atoms with Gasteiger partial charge < -0.3 is 15.5 Å². The number of hydrogen-bond acceptors (Lipinski definition) is 6. The topological polar surface area (TPSA) is 133 Å². The van der Waals surface area contributed by atoms with Crippen molar-refractivity contribution in [2.45, 2.75) is 43.8 Å². The lowest BCUT2D eigenvalue weighted by atomic mass is 9.80. The van der Waals surface area contributed by atoms with Crippen molar-refractivity contribution >= 4 is 51.7 Å². The van der Waals surface area contributed by atoms with Crippen molar-refractivity contribution in [1.29, 1.82) is 0 Å². The van der Waals surface area contributed by atoms with Crippen LogP contribution < -0.4 is 10.6 Å². The van der Waals surface area contributed by atoms with Crippen LogP contribution in [0.1, 0.15) is 34.4 Å². The fraction of sp³-hybridized carbons (Fsp3) is 0.310. The molecule has 43 heavy (non-hydrogen) atoms. The molecule has 2 atom stereocenters. The number of benzene rings is 1. The first-order valence-corrected chi connectivity index (χ1v) is 13.9. The summed E-state index contributed by atoms with van der Waals surface area (Å²) in [5.41, 5.74) is 3.42. The molecule has 3 N–H and O–H groups in total. The predicted octanol–water partition coefficient (Wildman–Crippen LogP) is 4.09. The molecule has 0 bridgehead atoms. The van der Waals surface area contributed by atoms with Crippen LogP contribution in [-0.4, -0.2) is 55.5 Å². The molecule has 5 heterocycles. The van der Waals surface area contributed by atoms with Gasteiger partial charge in [0.1, 0.15) is 12.4 Å². The van der Waals surface area contributed by atoms with Gasteiger partial charge in [0.15, 0.2) is 0 Å². The van der Waals surface area contributed by atoms with Crippen LogP contribution in [0.3, 0.4) is 0 Å². The molecule has 2 unspecified atom stereocenters. The Kier molecular flexibility index (Phi) is 6.20. The molecule has 0 radical (unpaired) electrons. The molecule has 1 aromatic carbocycles. The third-order valence-electron chi connectivity index (χ3n) is 8.46. The zero-order chi connectivity index (χ0) is 30.1. The summed E-state index contributed by atoms with van der Waals surface area (Å²) in [6, 6.07) is 6.99. The summed E-state index contributed by atoms with van der Waals surface area (Å²) in [6.45, 7) is -1.74. The van der Waals surface area contributed by atoms with Crippen molar-refractivity contribution < 1.29 is 27.6 Å². The molecule has 10 nitrogen and oxygen atoms in total. The van der Waals surface area contributed by atoms with E-state index in [9.17, 15) is 27.6 Å². The van der Waals surface area contributed by atoms with Crippen LogP contribution >= 0.6 is 11.6 Å². The minimum Gasteiger partial charge on any atom is -0.329 e. The van der Waals surface area contributed by atoms with Gasteiger partial charge in [0, 0.05) is 42.2 Å². The largest absolute Gasteiger partial charge is 0.406 e. The number of fused-ring (bicyclic) bond motifs is 6. The Hall–Kier alpha value is -4.52. The van der Waals surface area contributed by atoms with E-state index in [1.807, 2.05) is 6.07 Å². The molecule has 220 valence electrons. The lowest BCUT2D eigenvalue weighted by Crippen LogP contribution is -2.41. The normalized spacial score (nSPS) is 21.0. The van der Waals surface area contributed by atoms with E-state index in [2.05, 4.69) is 30.8 Å². The fourth-order valence-corrected chi connectivity index (χ4v) is 6.84. The summed E-state index contributed by atoms with van der Waals surface area (Å²) in [4.78, 5) is 49.1. The first kappa shape index (κ1) is 27.3. The minimum atomic E-state index is -4.63. The molecular formula is C29H23ClF3N7O3. The van der Waals surface area contributed by atoms with Crippen LogP contribution in [0.4, 0.5) is 24.7 Å². The average Bonchev–Trinajstić information content (AvgIpc) is 3.63. The number of H-pyrrole nitrogens is 1. The maximum Gasteiger partial charge on any atom is 0.406 e. The van der Waals surface area contributed by atoms with Crippen LogP contribution in [0.15, 0.2) is 42.9 Å². The van der Waals surface area contributed by atoms with E-state index in [1.54, 1.807) is 24.4 Å². The molecule has 0 fully saturated rings. The Bertz CT molecular complexity index is 1840. The van der Waals surface area contributed by atoms with Crippen LogP contribution in [0.5, 0.6) is 0 Å². The molecule has 1 aliphatic carbocycles. The number of carbonyl (C=O) groups is 3. The summed E-state index contributed by atoms with van der Waals surface area (Å²) in [5, 5.41) is 13.1. The van der Waals surface area contributed by atoms with E-state index in [0.29, 0.717) is 51.4 Å². The van der Waals surface area contributed by atoms with Gasteiger partial charge in [0.25, 0.3) is 0 Å². The summed E-state index contributed by atoms with van der Waals surface area (Å²) in [7, 11) is 0. The number of rotatable bonds is 4. The minimum absolute atomic E-state index is 0.0320. The molecule has 0 saturated heterocycles. The van der Waals surface area contributed by atoms with E-state index >= 15 is 0 Å². The first-order valence-electron chi connectivity index (χ1n) is 13.5. The van der Waals surface area contributed by atoms with Gasteiger partial charge in [-0.15, -0.1) is 0 Å². The van der Waals surface area contributed by atoms with Gasteiger partial charge >= 0.3 is 6.18 Å². The standard InChI is InChI=1S/C29H23ClF3N7O3/c30-21-6-14-4-15(26(42)40(13-29(31,32)33)12-19(14)18-11-36-39-24(18)21)7-23(41)37-17-5-16-8-28(9-22(16)35-10-17)20-2-1-3-34-25(20)38-27(28)43/h1-3,5-6,10-11,15H,4,7-9,12-13H2,(H,36,39)(H,37,41)(H,34,38,43). The van der Waals surface area contributed by atoms with Crippen molar-refractivity contribution in [3.63, 3.8) is 0 Å². The molecule has 4 aromatic rings. The van der Waals surface area contributed by atoms with Gasteiger partial charge in [-0.05, 0) is 47.7 Å². The number of carbonyl (C=O) groups excluding carboxylic acids is 3. The third-order valence-corrected chi connectivity index (χ3v) is 8.76. The summed E-state index contributed by atoms with van der Waals surface area (Å²) < 4.78 is 40.5. The summed E-state index contributed by atoms with van der Waals surface area (Å²) >= 11 is 6.39. The zero-order valence-corrected chi connectivity index (χ0v) is 23.1. The third kappa shape index (κ3) is 4.67. The second kappa shape index (κ2) is 9.76. The first-order chi connectivity index (χ1) is 20.5. The zero-order valence-electron chi connectivity index (χ0n) is 22.4. The van der Waals surface area contributed by atoms with Crippen LogP contribution in [0.25, 0.3) is 10.9 Å². The lowest BCUT2D eigenvalue weighted by Gasteiger charge is -2.25. The SMILES string of the molecule is O=C(CC1Cc2cc(Cl)c3[nH]ncc3c2CN(CC(F)(F)F)C1=O)Nc1cnc2c(c1)CC1(C2)C(=O)Nc2ncccc21. The van der Waals surface area contributed by atoms with Gasteiger partial charge in [-0.1, -0.05) is 17.7 Å². The molecule has 0 saturated carbocycles. The summed E-state index contributed by atoms with van der Waals surface area (Å²) in [6.07, 6.45) is 0.366. The fourth-order valence-electron chi connectivity index (χ4n) is 6.56. The van der Waals surface area contributed by atoms with Gasteiger partial charge in [0.05, 0.1) is 40.0 Å². The summed E-state index contributed by atoms with van der Waals surface area (Å²) in [5.74, 6) is -2.01. The molecule has 3 aliphatic rings. The number of aromatic nitrogens is 4. The monoisotopic (exact) mass is 609 g/mol. The number of halogens is 4. The van der Waals surface area contributed by atoms with Gasteiger partial charge in [0.2, 0.25) is 17.7 Å². The van der Waals surface area contributed by atoms with Gasteiger partial charge in [-0.25, -0.2) is 4.98 Å². The second-order valence-corrected chi connectivity index (χ2v) is 11.6. The molecule has 7 rings (SSSR count). The molecule has 14 heteroatoms. The van der Waals surface area contributed by atoms with E-state index in [1.165, 1.54) is 12.4 Å². The molecule has 1 spiro atoms. The van der Waals surface area contributed by atoms with E-state index < -0.39 is 35.9 Å². The number of anilines is 2. The molecule has 3 aromatic heterocycles. The Morgan fingerprint density at radius 3 is 2.81 bits per heavy atom. The molecular weight excluding hydrogens is 587 g/mol. The number of alkyl halides is 3. The number of hydrogen-bond donors (Lipinski definition) is 3. The van der Waals surface area contributed by atoms with E-state index in [-0.39, 0.29) is 25.3 Å². The van der Waals surface area contributed by atoms with E-state index in [0.717, 1.165) is 21.7 Å². The highest BCUT2D eigenvalue weighted by Crippen LogP contribution is 2.46. The second-order valence-electron chi connectivity index (χ2n) is 11.2. The maximum atomic E-state index is 13.5. The Morgan fingerprint density at radius 1 is 1.16 bits per heavy atom. The number of amides is 3. The molecule has 2 aliphatic heterocycles. The van der Waals surface area contributed by atoms with Crippen molar-refractivity contribution in [2.75, 3.05) is 17.2 Å². The number of nitrogens with one attached hydrogen (secondary N) is 3. The predicted molar refractivity (Wildman–Crippen MR) is 149 cm³/mol. The molecule has 3 amide bonds. The highest BCUT2D eigenvalue weighted by molar-refractivity contribution is 6.35. The highest BCUT2D eigenvalue weighted by Gasteiger charge is 2.51. The van der Waals surface area contributed by atoms with Crippen LogP contribution in [0, 0.1) is 5.92 Å². The van der Waals surface area contributed by atoms with Crippen molar-refractivity contribution in [2.24, 2.45) is 5.92 Å². The van der Waals surface area contributed by atoms with Crippen molar-refractivity contribution in [3.8, 4) is 0 Å². The smallest absolute Gasteiger partial charge is 0.329 e. The quantitative estimate of drug-likeness (QED) is 0.319. The number of pyridine rings is 2. The Labute approximate surface area is 247 Å². The Morgan fingerprint density at radius 2 is 2.00 bits per heavy atom. The van der Waals surface area contributed by atoms with Crippen LogP contribution in [0.2, 0.25) is 5.02 Å². The average molecular weight is 610 g/mol. The van der Waals surface area contributed by atoms with Crippen LogP contribution in [-0.2, 0) is 45.6 Å². The highest BCUT2D eigenvalue weighted by atomic mass is 35.5. The maximum absolute atomic E-state index is 13.5. The van der Waals surface area contributed by atoms with Crippen molar-refractivity contribution in [3.05, 3.63) is 75.8 Å². The number of aromatic amines is 1. The number of nitrogens with zero attached hydrogens (tertiary/aromatic N) is 4. The van der Waals surface area contributed by atoms with Gasteiger partial charge in [-0.3, -0.25) is 24.5 Å².